The molecule has 0 aliphatic rings. The highest BCUT2D eigenvalue weighted by Crippen LogP contribution is 2.08. The van der Waals surface area contributed by atoms with Gasteiger partial charge in [0.25, 0.3) is 0 Å². The van der Waals surface area contributed by atoms with E-state index in [1.165, 1.54) is 0 Å². The minimum absolute atomic E-state index is 0.147. The van der Waals surface area contributed by atoms with Gasteiger partial charge in [-0.25, -0.2) is 4.79 Å². The van der Waals surface area contributed by atoms with E-state index in [4.69, 9.17) is 4.74 Å². The van der Waals surface area contributed by atoms with Crippen LogP contribution in [0.4, 0.5) is 0 Å². The average Bonchev–Trinajstić information content (AvgIpc) is 2.24. The molecule has 16 heavy (non-hydrogen) atoms. The molecule has 0 heterocycles. The van der Waals surface area contributed by atoms with E-state index in [0.717, 1.165) is 12.8 Å². The fourth-order valence-corrected chi connectivity index (χ4v) is 1.37. The molecule has 0 aliphatic heterocycles. The molecular weight excluding hydrogens is 272 g/mol. The Morgan fingerprint density at radius 2 is 2.00 bits per heavy atom. The summed E-state index contributed by atoms with van der Waals surface area (Å²) in [5.74, 6) is -0.585. The summed E-state index contributed by atoms with van der Waals surface area (Å²) in [4.78, 5) is 23.1. The maximum absolute atomic E-state index is 11.6. The van der Waals surface area contributed by atoms with Crippen LogP contribution in [0.15, 0.2) is 11.6 Å². The predicted molar refractivity (Wildman–Crippen MR) is 67.6 cm³/mol. The van der Waals surface area contributed by atoms with E-state index >= 15 is 0 Å². The Kier molecular flexibility index (Phi) is 8.16. The van der Waals surface area contributed by atoms with E-state index in [-0.39, 0.29) is 22.6 Å². The SMILES string of the molecule is CCCCOC(=O)/C(=C\C(C)C)C(=O)CBr. The monoisotopic (exact) mass is 290 g/mol. The topological polar surface area (TPSA) is 43.4 Å². The number of esters is 1. The first kappa shape index (κ1) is 15.4. The standard InChI is InChI=1S/C12H19BrO3/c1-4-5-6-16-12(15)10(7-9(2)3)11(14)8-13/h7,9H,4-6,8H2,1-3H3/b10-7-. The number of hydrogen-bond acceptors (Lipinski definition) is 3. The number of unbranched alkanes of at least 4 members (excludes halogenated alkanes) is 1. The summed E-state index contributed by atoms with van der Waals surface area (Å²) in [6.45, 7) is 6.23. The zero-order valence-electron chi connectivity index (χ0n) is 10.1. The van der Waals surface area contributed by atoms with Gasteiger partial charge < -0.3 is 4.74 Å². The molecule has 92 valence electrons. The zero-order chi connectivity index (χ0) is 12.6. The second kappa shape index (κ2) is 8.50. The lowest BCUT2D eigenvalue weighted by molar-refractivity contribution is -0.140. The molecule has 0 N–H and O–H groups in total. The fraction of sp³-hybridized carbons (Fsp3) is 0.667. The quantitative estimate of drug-likeness (QED) is 0.181. The third kappa shape index (κ3) is 6.05. The van der Waals surface area contributed by atoms with Gasteiger partial charge in [-0.05, 0) is 12.3 Å². The van der Waals surface area contributed by atoms with Gasteiger partial charge in [0.05, 0.1) is 17.5 Å². The largest absolute Gasteiger partial charge is 0.462 e. The van der Waals surface area contributed by atoms with Crippen LogP contribution in [-0.2, 0) is 14.3 Å². The molecule has 0 aliphatic carbocycles. The van der Waals surface area contributed by atoms with Crippen molar-refractivity contribution >= 4 is 27.7 Å². The zero-order valence-corrected chi connectivity index (χ0v) is 11.7. The van der Waals surface area contributed by atoms with Crippen molar-refractivity contribution in [2.45, 2.75) is 33.6 Å². The first-order valence-corrected chi connectivity index (χ1v) is 6.63. The van der Waals surface area contributed by atoms with Crippen LogP contribution in [0, 0.1) is 5.92 Å². The summed E-state index contributed by atoms with van der Waals surface area (Å²) in [5.41, 5.74) is 0.156. The number of ketones is 1. The number of halogens is 1. The number of carbonyl (C=O) groups is 2. The molecule has 0 unspecified atom stereocenters. The van der Waals surface area contributed by atoms with Gasteiger partial charge in [-0.2, -0.15) is 0 Å². The third-order valence-corrected chi connectivity index (χ3v) is 2.38. The van der Waals surface area contributed by atoms with Crippen LogP contribution in [0.25, 0.3) is 0 Å². The Morgan fingerprint density at radius 3 is 2.44 bits per heavy atom. The summed E-state index contributed by atoms with van der Waals surface area (Å²) in [7, 11) is 0. The van der Waals surface area contributed by atoms with Crippen LogP contribution in [-0.4, -0.2) is 23.7 Å². The molecule has 0 bridgehead atoms. The molecule has 4 heteroatoms. The number of hydrogen-bond donors (Lipinski definition) is 0. The molecule has 0 saturated carbocycles. The van der Waals surface area contributed by atoms with E-state index in [2.05, 4.69) is 15.9 Å². The highest BCUT2D eigenvalue weighted by atomic mass is 79.9. The van der Waals surface area contributed by atoms with Crippen LogP contribution in [0.5, 0.6) is 0 Å². The number of Topliss-reactive ketones (excluding diaryl/α,β-unsaturated/α-hetero) is 1. The maximum atomic E-state index is 11.6. The highest BCUT2D eigenvalue weighted by molar-refractivity contribution is 9.09. The van der Waals surface area contributed by atoms with Crippen molar-refractivity contribution in [2.24, 2.45) is 5.92 Å². The van der Waals surface area contributed by atoms with Crippen molar-refractivity contribution in [1.29, 1.82) is 0 Å². The Hall–Kier alpha value is -0.640. The van der Waals surface area contributed by atoms with Crippen molar-refractivity contribution in [3.8, 4) is 0 Å². The lowest BCUT2D eigenvalue weighted by Crippen LogP contribution is -2.18. The van der Waals surface area contributed by atoms with Gasteiger partial charge in [0, 0.05) is 0 Å². The van der Waals surface area contributed by atoms with Gasteiger partial charge in [0.1, 0.15) is 0 Å². The molecule has 0 spiro atoms. The smallest absolute Gasteiger partial charge is 0.341 e. The number of rotatable bonds is 7. The second-order valence-electron chi connectivity index (χ2n) is 3.87. The summed E-state index contributed by atoms with van der Waals surface area (Å²) < 4.78 is 5.02. The molecule has 0 aromatic heterocycles. The molecule has 0 atom stereocenters. The molecule has 0 fully saturated rings. The average molecular weight is 291 g/mol. The van der Waals surface area contributed by atoms with Gasteiger partial charge in [-0.15, -0.1) is 0 Å². The number of carbonyl (C=O) groups excluding carboxylic acids is 2. The van der Waals surface area contributed by atoms with Crippen molar-refractivity contribution in [1.82, 2.24) is 0 Å². The van der Waals surface area contributed by atoms with Gasteiger partial charge in [-0.1, -0.05) is 49.2 Å². The van der Waals surface area contributed by atoms with Crippen LogP contribution in [0.1, 0.15) is 33.6 Å². The van der Waals surface area contributed by atoms with Gasteiger partial charge in [-0.3, -0.25) is 4.79 Å². The van der Waals surface area contributed by atoms with Crippen LogP contribution in [0.2, 0.25) is 0 Å². The Bertz CT molecular complexity index is 269. The Balaban J connectivity index is 4.52. The van der Waals surface area contributed by atoms with Crippen LogP contribution >= 0.6 is 15.9 Å². The number of allylic oxidation sites excluding steroid dienone is 1. The van der Waals surface area contributed by atoms with Crippen LogP contribution in [0.3, 0.4) is 0 Å². The van der Waals surface area contributed by atoms with Crippen molar-refractivity contribution in [2.75, 3.05) is 11.9 Å². The molecule has 0 rings (SSSR count). The fourth-order valence-electron chi connectivity index (χ4n) is 1.07. The van der Waals surface area contributed by atoms with E-state index in [0.29, 0.717) is 6.61 Å². The van der Waals surface area contributed by atoms with E-state index in [1.807, 2.05) is 20.8 Å². The molecule has 0 amide bonds. The molecule has 0 radical (unpaired) electrons. The minimum atomic E-state index is -0.508. The lowest BCUT2D eigenvalue weighted by Gasteiger charge is -2.07. The Morgan fingerprint density at radius 1 is 1.38 bits per heavy atom. The second-order valence-corrected chi connectivity index (χ2v) is 4.43. The van der Waals surface area contributed by atoms with Crippen molar-refractivity contribution in [3.63, 3.8) is 0 Å². The van der Waals surface area contributed by atoms with Crippen LogP contribution < -0.4 is 0 Å². The normalized spacial score (nSPS) is 11.7. The first-order valence-electron chi connectivity index (χ1n) is 5.51. The Labute approximate surface area is 105 Å². The summed E-state index contributed by atoms with van der Waals surface area (Å²) in [6.07, 6.45) is 3.43. The lowest BCUT2D eigenvalue weighted by atomic mass is 10.1. The minimum Gasteiger partial charge on any atom is -0.462 e. The van der Waals surface area contributed by atoms with E-state index in [9.17, 15) is 9.59 Å². The maximum Gasteiger partial charge on any atom is 0.341 e. The molecule has 3 nitrogen and oxygen atoms in total. The van der Waals surface area contributed by atoms with E-state index < -0.39 is 5.97 Å². The number of alkyl halides is 1. The molecule has 0 aromatic rings. The molecule has 0 saturated heterocycles. The molecule has 0 aromatic carbocycles. The summed E-state index contributed by atoms with van der Waals surface area (Å²) in [5, 5.41) is 0.147. The summed E-state index contributed by atoms with van der Waals surface area (Å²) in [6, 6.07) is 0. The summed E-state index contributed by atoms with van der Waals surface area (Å²) >= 11 is 3.06. The van der Waals surface area contributed by atoms with Crippen molar-refractivity contribution < 1.29 is 14.3 Å². The number of ether oxygens (including phenoxy) is 1. The third-order valence-electron chi connectivity index (χ3n) is 1.87. The predicted octanol–water partition coefficient (Wildman–Crippen LogP) is 2.88. The van der Waals surface area contributed by atoms with Gasteiger partial charge in [0.2, 0.25) is 0 Å². The van der Waals surface area contributed by atoms with Gasteiger partial charge >= 0.3 is 5.97 Å². The molecular formula is C12H19BrO3. The van der Waals surface area contributed by atoms with Gasteiger partial charge in [0.15, 0.2) is 5.78 Å². The van der Waals surface area contributed by atoms with E-state index in [1.54, 1.807) is 6.08 Å². The first-order chi connectivity index (χ1) is 7.52. The van der Waals surface area contributed by atoms with Crippen molar-refractivity contribution in [3.05, 3.63) is 11.6 Å². The highest BCUT2D eigenvalue weighted by Gasteiger charge is 2.18.